The normalized spacial score (nSPS) is 12.2. The fraction of sp³-hybridized carbons (Fsp3) is 0.827. The molecule has 0 bridgehead atoms. The van der Waals surface area contributed by atoms with Crippen molar-refractivity contribution in [1.82, 2.24) is 55.6 Å². The van der Waals surface area contributed by atoms with Crippen LogP contribution in [0.25, 0.3) is 10.4 Å². The minimum atomic E-state index is -0.285. The van der Waals surface area contributed by atoms with Crippen molar-refractivity contribution in [3.63, 3.8) is 0 Å². The number of nitrogens with zero attached hydrogens (tertiary/aromatic N) is 12. The summed E-state index contributed by atoms with van der Waals surface area (Å²) in [6.45, 7) is 17.0. The summed E-state index contributed by atoms with van der Waals surface area (Å²) in [5, 5.41) is 34.4. The van der Waals surface area contributed by atoms with Crippen molar-refractivity contribution in [2.45, 2.75) is 77.7 Å². The predicted molar refractivity (Wildman–Crippen MR) is 297 cm³/mol. The van der Waals surface area contributed by atoms with Gasteiger partial charge >= 0.3 is 0 Å². The maximum absolute atomic E-state index is 12.3. The summed E-state index contributed by atoms with van der Waals surface area (Å²) in [6, 6.07) is -0.271. The maximum Gasteiger partial charge on any atom is 0.220 e. The molecular weight excluding hydrogens is 1090 g/mol. The molecule has 0 aliphatic rings. The average molecular weight is 1190 g/mol. The van der Waals surface area contributed by atoms with Gasteiger partial charge in [-0.2, -0.15) is 0 Å². The van der Waals surface area contributed by atoms with Crippen LogP contribution in [0.3, 0.4) is 0 Å². The number of hydrogen-bond acceptors (Lipinski definition) is 25. The molecule has 0 aliphatic carbocycles. The number of rotatable bonds is 62. The lowest BCUT2D eigenvalue weighted by Crippen LogP contribution is -2.42. The Hall–Kier alpha value is -4.92. The lowest BCUT2D eigenvalue weighted by molar-refractivity contribution is -0.123. The Kier molecular flexibility index (Phi) is 46.9. The average Bonchev–Trinajstić information content (AvgIpc) is 4.31. The molecule has 31 heteroatoms. The Labute approximate surface area is 487 Å². The summed E-state index contributed by atoms with van der Waals surface area (Å²) < 4.78 is 94.7. The highest BCUT2D eigenvalue weighted by Gasteiger charge is 2.14. The molecule has 2 unspecified atom stereocenters. The molecule has 0 aliphatic heterocycles. The van der Waals surface area contributed by atoms with Gasteiger partial charge in [0.15, 0.2) is 0 Å². The van der Waals surface area contributed by atoms with Crippen molar-refractivity contribution in [3.05, 3.63) is 46.1 Å². The Bertz CT molecular complexity index is 2050. The third-order valence-corrected chi connectivity index (χ3v) is 11.0. The SMILES string of the molecule is C#CCOCCOCC(COCCOCc1cn(CCOCCOCCOCCOCCn2cc(COCCOCC(COCCOCc3cn(CCOCCOCCOCCOCCN=[N+]=[N-])nn3)NC)nn2)nn1)NC(=O)CCCC. The monoisotopic (exact) mass is 1180 g/mol. The van der Waals surface area contributed by atoms with E-state index in [2.05, 4.69) is 57.5 Å². The number of amides is 1. The van der Waals surface area contributed by atoms with E-state index in [4.69, 9.17) is 87.7 Å². The quantitative estimate of drug-likeness (QED) is 0.0260. The van der Waals surface area contributed by atoms with E-state index in [1.165, 1.54) is 0 Å². The van der Waals surface area contributed by atoms with Crippen LogP contribution in [-0.4, -0.2) is 268 Å². The molecule has 0 saturated heterocycles. The van der Waals surface area contributed by atoms with E-state index in [1.807, 2.05) is 32.6 Å². The third-order valence-electron chi connectivity index (χ3n) is 11.0. The van der Waals surface area contributed by atoms with Crippen LogP contribution in [0.1, 0.15) is 43.3 Å². The minimum Gasteiger partial charge on any atom is -0.379 e. The second-order valence-corrected chi connectivity index (χ2v) is 17.8. The molecule has 0 radical (unpaired) electrons. The molecule has 0 spiro atoms. The molecule has 3 aromatic heterocycles. The van der Waals surface area contributed by atoms with E-state index in [-0.39, 0.29) is 24.6 Å². The molecule has 0 aromatic carbocycles. The lowest BCUT2D eigenvalue weighted by Gasteiger charge is -2.19. The van der Waals surface area contributed by atoms with Crippen LogP contribution in [0.4, 0.5) is 0 Å². The van der Waals surface area contributed by atoms with Crippen molar-refractivity contribution in [2.24, 2.45) is 5.11 Å². The molecule has 3 rings (SSSR count). The second kappa shape index (κ2) is 53.8. The van der Waals surface area contributed by atoms with Crippen LogP contribution in [0.5, 0.6) is 0 Å². The van der Waals surface area contributed by atoms with Crippen LogP contribution in [0.15, 0.2) is 23.7 Å². The largest absolute Gasteiger partial charge is 0.379 e. The number of nitrogens with one attached hydrogen (secondary N) is 2. The molecule has 1 amide bonds. The van der Waals surface area contributed by atoms with Gasteiger partial charge in [-0.15, -0.1) is 21.7 Å². The summed E-state index contributed by atoms with van der Waals surface area (Å²) in [5.74, 6) is 2.38. The Morgan fingerprint density at radius 2 is 0.855 bits per heavy atom. The molecule has 2 N–H and O–H groups in total. The summed E-state index contributed by atoms with van der Waals surface area (Å²) in [7, 11) is 1.86. The number of unbranched alkanes of at least 4 members (excludes halogenated alkanes) is 1. The van der Waals surface area contributed by atoms with Gasteiger partial charge in [0.25, 0.3) is 0 Å². The van der Waals surface area contributed by atoms with Crippen molar-refractivity contribution in [3.8, 4) is 12.3 Å². The van der Waals surface area contributed by atoms with E-state index in [0.717, 1.165) is 24.2 Å². The zero-order chi connectivity index (χ0) is 59.0. The molecular formula is C52H92N14O17. The highest BCUT2D eigenvalue weighted by Crippen LogP contribution is 2.02. The Morgan fingerprint density at radius 3 is 1.22 bits per heavy atom. The van der Waals surface area contributed by atoms with Gasteiger partial charge in [0.2, 0.25) is 5.91 Å². The predicted octanol–water partition coefficient (Wildman–Crippen LogP) is 0.834. The molecule has 472 valence electrons. The summed E-state index contributed by atoms with van der Waals surface area (Å²) in [4.78, 5) is 14.9. The van der Waals surface area contributed by atoms with Crippen LogP contribution < -0.4 is 10.6 Å². The molecule has 3 aromatic rings. The Balaban J connectivity index is 1.03. The standard InChI is InChI=1S/C52H92N14O17/c1-4-6-7-52(67)56-51(45-82-30-29-68-12-5-2)46-83-36-33-79-42-49-39-66(63-59-49)11-16-72-20-24-76-28-27-75-23-19-71-15-10-65-38-48(58-62-65)41-78-32-35-81-44-50(54-3)43-80-34-31-77-40-47-37-64(61-57-47)9-14-70-18-22-74-26-25-73-21-17-69-13-8-55-60-53/h2,37-39,50-51,54H,4,6-36,40-46H2,1,3H3,(H,56,67). The molecule has 3 heterocycles. The molecule has 83 heavy (non-hydrogen) atoms. The first-order valence-corrected chi connectivity index (χ1v) is 28.3. The van der Waals surface area contributed by atoms with Gasteiger partial charge in [-0.3, -0.25) is 4.79 Å². The number of ether oxygens (including phenoxy) is 16. The highest BCUT2D eigenvalue weighted by atomic mass is 16.6. The summed E-state index contributed by atoms with van der Waals surface area (Å²) in [5.41, 5.74) is 10.3. The first-order valence-electron chi connectivity index (χ1n) is 28.3. The van der Waals surface area contributed by atoms with Crippen molar-refractivity contribution >= 4 is 5.91 Å². The number of hydrogen-bond donors (Lipinski definition) is 2. The number of terminal acetylenes is 1. The van der Waals surface area contributed by atoms with E-state index in [0.29, 0.717) is 243 Å². The number of aromatic nitrogens is 9. The van der Waals surface area contributed by atoms with E-state index in [9.17, 15) is 4.79 Å². The number of carbonyl (C=O) groups excluding carboxylic acids is 1. The first-order chi connectivity index (χ1) is 41.0. The van der Waals surface area contributed by atoms with Crippen molar-refractivity contribution in [1.29, 1.82) is 0 Å². The highest BCUT2D eigenvalue weighted by molar-refractivity contribution is 5.76. The first kappa shape index (κ1) is 72.3. The molecule has 0 fully saturated rings. The van der Waals surface area contributed by atoms with Crippen LogP contribution in [-0.2, 0) is 120 Å². The van der Waals surface area contributed by atoms with Gasteiger partial charge in [-0.25, -0.2) is 14.0 Å². The Morgan fingerprint density at radius 1 is 0.518 bits per heavy atom. The zero-order valence-corrected chi connectivity index (χ0v) is 48.8. The fourth-order valence-corrected chi connectivity index (χ4v) is 6.71. The second-order valence-electron chi connectivity index (χ2n) is 17.8. The van der Waals surface area contributed by atoms with Gasteiger partial charge < -0.3 is 86.4 Å². The fourth-order valence-electron chi connectivity index (χ4n) is 6.71. The molecule has 31 nitrogen and oxygen atoms in total. The van der Waals surface area contributed by atoms with Crippen molar-refractivity contribution < 1.29 is 80.6 Å². The molecule has 0 saturated carbocycles. The van der Waals surface area contributed by atoms with Crippen LogP contribution in [0, 0.1) is 12.3 Å². The summed E-state index contributed by atoms with van der Waals surface area (Å²) in [6.07, 6.45) is 12.9. The number of carbonyl (C=O) groups is 1. The van der Waals surface area contributed by atoms with E-state index >= 15 is 0 Å². The minimum absolute atomic E-state index is 0.0139. The third kappa shape index (κ3) is 42.5. The van der Waals surface area contributed by atoms with Crippen LogP contribution >= 0.6 is 0 Å². The van der Waals surface area contributed by atoms with Gasteiger partial charge in [0.05, 0.1) is 255 Å². The van der Waals surface area contributed by atoms with E-state index < -0.39 is 0 Å². The van der Waals surface area contributed by atoms with Gasteiger partial charge in [0, 0.05) is 17.9 Å². The van der Waals surface area contributed by atoms with Crippen molar-refractivity contribution in [2.75, 3.05) is 205 Å². The summed E-state index contributed by atoms with van der Waals surface area (Å²) >= 11 is 0. The number of azide groups is 1. The smallest absolute Gasteiger partial charge is 0.220 e. The number of likely N-dealkylation sites (N-methyl/N-ethyl adjacent to an activating group) is 1. The lowest BCUT2D eigenvalue weighted by atomic mass is 10.2. The van der Waals surface area contributed by atoms with Gasteiger partial charge in [-0.05, 0) is 19.0 Å². The van der Waals surface area contributed by atoms with Gasteiger partial charge in [-0.1, -0.05) is 40.0 Å². The zero-order valence-electron chi connectivity index (χ0n) is 48.8. The topological polar surface area (TPSA) is 330 Å². The molecule has 2 atom stereocenters. The maximum atomic E-state index is 12.3. The van der Waals surface area contributed by atoms with E-state index in [1.54, 1.807) is 14.0 Å². The van der Waals surface area contributed by atoms with Crippen LogP contribution in [0.2, 0.25) is 0 Å². The van der Waals surface area contributed by atoms with Gasteiger partial charge in [0.1, 0.15) is 23.7 Å².